The van der Waals surface area contributed by atoms with Crippen LogP contribution in [0.4, 0.5) is 0 Å². The van der Waals surface area contributed by atoms with E-state index in [1.54, 1.807) is 25.2 Å². The smallest absolute Gasteiger partial charge is 0.338 e. The molecule has 1 amide bonds. The number of amides is 1. The number of esters is 1. The first-order valence-corrected chi connectivity index (χ1v) is 6.24. The molecule has 0 saturated carbocycles. The fourth-order valence-corrected chi connectivity index (χ4v) is 1.74. The molecule has 0 heterocycles. The highest BCUT2D eigenvalue weighted by Crippen LogP contribution is 2.09. The maximum Gasteiger partial charge on any atom is 0.338 e. The second-order valence-corrected chi connectivity index (χ2v) is 4.22. The molecule has 0 fully saturated rings. The van der Waals surface area contributed by atoms with Crippen LogP contribution in [0.25, 0.3) is 0 Å². The van der Waals surface area contributed by atoms with E-state index in [9.17, 15) is 9.59 Å². The Morgan fingerprint density at radius 3 is 2.40 bits per heavy atom. The molecule has 0 atom stereocenters. The van der Waals surface area contributed by atoms with Crippen LogP contribution in [0.5, 0.6) is 0 Å². The van der Waals surface area contributed by atoms with Gasteiger partial charge in [0.2, 0.25) is 0 Å². The predicted molar refractivity (Wildman–Crippen MR) is 75.4 cm³/mol. The topological polar surface area (TPSA) is 55.4 Å². The van der Waals surface area contributed by atoms with Crippen molar-refractivity contribution in [3.05, 3.63) is 71.3 Å². The number of rotatable bonds is 4. The highest BCUT2D eigenvalue weighted by molar-refractivity contribution is 5.97. The Hall–Kier alpha value is -2.62. The van der Waals surface area contributed by atoms with Crippen LogP contribution in [0.15, 0.2) is 54.6 Å². The molecule has 0 aliphatic carbocycles. The SMILES string of the molecule is CNC(=O)c1cccc(C(=O)OCc2ccccc2)c1. The number of ether oxygens (including phenoxy) is 1. The van der Waals surface area contributed by atoms with E-state index in [1.165, 1.54) is 6.07 Å². The fraction of sp³-hybridized carbons (Fsp3) is 0.125. The van der Waals surface area contributed by atoms with E-state index >= 15 is 0 Å². The molecular weight excluding hydrogens is 254 g/mol. The van der Waals surface area contributed by atoms with Crippen LogP contribution in [0.2, 0.25) is 0 Å². The molecule has 0 bridgehead atoms. The van der Waals surface area contributed by atoms with Gasteiger partial charge in [-0.3, -0.25) is 4.79 Å². The van der Waals surface area contributed by atoms with Crippen molar-refractivity contribution >= 4 is 11.9 Å². The molecule has 0 aromatic heterocycles. The lowest BCUT2D eigenvalue weighted by Gasteiger charge is -2.06. The minimum Gasteiger partial charge on any atom is -0.457 e. The Morgan fingerprint density at radius 2 is 1.70 bits per heavy atom. The summed E-state index contributed by atoms with van der Waals surface area (Å²) in [6, 6.07) is 15.9. The Bertz CT molecular complexity index is 608. The second-order valence-electron chi connectivity index (χ2n) is 4.22. The van der Waals surface area contributed by atoms with Gasteiger partial charge in [-0.05, 0) is 23.8 Å². The van der Waals surface area contributed by atoms with Crippen molar-refractivity contribution < 1.29 is 14.3 Å². The van der Waals surface area contributed by atoms with Gasteiger partial charge in [0.1, 0.15) is 6.61 Å². The third-order valence-corrected chi connectivity index (χ3v) is 2.80. The molecule has 0 aliphatic heterocycles. The normalized spacial score (nSPS) is 9.85. The number of hydrogen-bond donors (Lipinski definition) is 1. The highest BCUT2D eigenvalue weighted by atomic mass is 16.5. The summed E-state index contributed by atoms with van der Waals surface area (Å²) in [7, 11) is 1.54. The first kappa shape index (κ1) is 13.8. The van der Waals surface area contributed by atoms with Crippen LogP contribution >= 0.6 is 0 Å². The third kappa shape index (κ3) is 3.45. The van der Waals surface area contributed by atoms with Gasteiger partial charge in [0, 0.05) is 12.6 Å². The average molecular weight is 269 g/mol. The average Bonchev–Trinajstić information content (AvgIpc) is 2.53. The standard InChI is InChI=1S/C16H15NO3/c1-17-15(18)13-8-5-9-14(10-13)16(19)20-11-12-6-3-2-4-7-12/h2-10H,11H2,1H3,(H,17,18). The summed E-state index contributed by atoms with van der Waals surface area (Å²) in [5.74, 6) is -0.678. The van der Waals surface area contributed by atoms with Crippen LogP contribution in [0.3, 0.4) is 0 Å². The molecule has 1 N–H and O–H groups in total. The molecule has 0 unspecified atom stereocenters. The summed E-state index contributed by atoms with van der Waals surface area (Å²) >= 11 is 0. The van der Waals surface area contributed by atoms with Gasteiger partial charge in [0.25, 0.3) is 5.91 Å². The van der Waals surface area contributed by atoms with Gasteiger partial charge in [-0.2, -0.15) is 0 Å². The van der Waals surface area contributed by atoms with Crippen LogP contribution in [-0.2, 0) is 11.3 Å². The zero-order valence-corrected chi connectivity index (χ0v) is 11.1. The van der Waals surface area contributed by atoms with Gasteiger partial charge >= 0.3 is 5.97 Å². The quantitative estimate of drug-likeness (QED) is 0.867. The molecule has 2 aromatic rings. The minimum atomic E-state index is -0.445. The van der Waals surface area contributed by atoms with Crippen molar-refractivity contribution in [2.24, 2.45) is 0 Å². The number of carbonyl (C=O) groups excluding carboxylic acids is 2. The number of carbonyl (C=O) groups is 2. The van der Waals surface area contributed by atoms with E-state index in [1.807, 2.05) is 30.3 Å². The molecule has 20 heavy (non-hydrogen) atoms. The molecule has 0 aliphatic rings. The van der Waals surface area contributed by atoms with E-state index in [0.717, 1.165) is 5.56 Å². The summed E-state index contributed by atoms with van der Waals surface area (Å²) in [4.78, 5) is 23.4. The fourth-order valence-electron chi connectivity index (χ4n) is 1.74. The monoisotopic (exact) mass is 269 g/mol. The van der Waals surface area contributed by atoms with Gasteiger partial charge in [-0.25, -0.2) is 4.79 Å². The number of benzene rings is 2. The number of hydrogen-bond acceptors (Lipinski definition) is 3. The van der Waals surface area contributed by atoms with Gasteiger partial charge in [0.05, 0.1) is 5.56 Å². The Kier molecular flexibility index (Phi) is 4.50. The Labute approximate surface area is 117 Å². The molecule has 4 nitrogen and oxygen atoms in total. The zero-order chi connectivity index (χ0) is 14.4. The summed E-state index contributed by atoms with van der Waals surface area (Å²) in [5, 5.41) is 2.51. The van der Waals surface area contributed by atoms with Gasteiger partial charge in [-0.15, -0.1) is 0 Å². The van der Waals surface area contributed by atoms with Crippen molar-refractivity contribution in [2.45, 2.75) is 6.61 Å². The van der Waals surface area contributed by atoms with E-state index in [0.29, 0.717) is 11.1 Å². The molecule has 0 spiro atoms. The lowest BCUT2D eigenvalue weighted by molar-refractivity contribution is 0.0472. The largest absolute Gasteiger partial charge is 0.457 e. The summed E-state index contributed by atoms with van der Waals surface area (Å²) in [6.07, 6.45) is 0. The maximum atomic E-state index is 11.9. The third-order valence-electron chi connectivity index (χ3n) is 2.80. The van der Waals surface area contributed by atoms with Crippen molar-refractivity contribution in [2.75, 3.05) is 7.05 Å². The Balaban J connectivity index is 2.04. The minimum absolute atomic E-state index is 0.212. The summed E-state index contributed by atoms with van der Waals surface area (Å²) in [6.45, 7) is 0.212. The van der Waals surface area contributed by atoms with Crippen LogP contribution in [0.1, 0.15) is 26.3 Å². The van der Waals surface area contributed by atoms with Crippen LogP contribution in [-0.4, -0.2) is 18.9 Å². The number of nitrogens with one attached hydrogen (secondary N) is 1. The molecule has 4 heteroatoms. The van der Waals surface area contributed by atoms with Crippen LogP contribution < -0.4 is 5.32 Å². The van der Waals surface area contributed by atoms with Crippen molar-refractivity contribution in [3.63, 3.8) is 0 Å². The summed E-state index contributed by atoms with van der Waals surface area (Å²) < 4.78 is 5.21. The first-order chi connectivity index (χ1) is 9.70. The van der Waals surface area contributed by atoms with Gasteiger partial charge in [0.15, 0.2) is 0 Å². The van der Waals surface area contributed by atoms with E-state index in [-0.39, 0.29) is 12.5 Å². The van der Waals surface area contributed by atoms with Crippen molar-refractivity contribution in [1.82, 2.24) is 5.32 Å². The maximum absolute atomic E-state index is 11.9. The predicted octanol–water partition coefficient (Wildman–Crippen LogP) is 2.40. The molecule has 0 radical (unpaired) electrons. The Morgan fingerprint density at radius 1 is 1.00 bits per heavy atom. The van der Waals surface area contributed by atoms with E-state index in [2.05, 4.69) is 5.32 Å². The molecule has 2 aromatic carbocycles. The van der Waals surface area contributed by atoms with E-state index in [4.69, 9.17) is 4.74 Å². The lowest BCUT2D eigenvalue weighted by Crippen LogP contribution is -2.18. The highest BCUT2D eigenvalue weighted by Gasteiger charge is 2.10. The second kappa shape index (κ2) is 6.52. The first-order valence-electron chi connectivity index (χ1n) is 6.24. The lowest BCUT2D eigenvalue weighted by atomic mass is 10.1. The molecule has 0 saturated heterocycles. The van der Waals surface area contributed by atoms with Crippen molar-refractivity contribution in [3.8, 4) is 0 Å². The molecule has 2 rings (SSSR count). The van der Waals surface area contributed by atoms with E-state index < -0.39 is 5.97 Å². The molecule has 102 valence electrons. The van der Waals surface area contributed by atoms with Crippen LogP contribution in [0, 0.1) is 0 Å². The van der Waals surface area contributed by atoms with Gasteiger partial charge in [-0.1, -0.05) is 36.4 Å². The summed E-state index contributed by atoms with van der Waals surface area (Å²) in [5.41, 5.74) is 1.71. The van der Waals surface area contributed by atoms with Crippen molar-refractivity contribution in [1.29, 1.82) is 0 Å². The zero-order valence-electron chi connectivity index (χ0n) is 11.1. The molecular formula is C16H15NO3. The van der Waals surface area contributed by atoms with Gasteiger partial charge < -0.3 is 10.1 Å².